The van der Waals surface area contributed by atoms with Crippen LogP contribution < -0.4 is 15.4 Å². The largest absolute Gasteiger partial charge is 0.495 e. The lowest BCUT2D eigenvalue weighted by Crippen LogP contribution is -2.24. The minimum Gasteiger partial charge on any atom is -0.495 e. The van der Waals surface area contributed by atoms with Crippen molar-refractivity contribution in [2.75, 3.05) is 12.4 Å². The normalized spacial score (nSPS) is 10.2. The number of aromatic nitrogens is 2. The number of methoxy groups -OCH3 is 1. The fourth-order valence-corrected chi connectivity index (χ4v) is 2.53. The summed E-state index contributed by atoms with van der Waals surface area (Å²) in [6, 6.07) is 14.4. The van der Waals surface area contributed by atoms with Gasteiger partial charge in [0, 0.05) is 11.9 Å². The molecule has 2 aromatic heterocycles. The number of amides is 1. The average molecular weight is 369 g/mol. The number of carbonyl (C=O) groups is 1. The molecule has 0 unspecified atom stereocenters. The number of hydrogen-bond acceptors (Lipinski definition) is 5. The second kappa shape index (κ2) is 8.31. The van der Waals surface area contributed by atoms with Crippen molar-refractivity contribution in [1.82, 2.24) is 15.3 Å². The highest BCUT2D eigenvalue weighted by molar-refractivity contribution is 6.32. The Labute approximate surface area is 156 Å². The number of benzene rings is 1. The molecule has 0 saturated heterocycles. The quantitative estimate of drug-likeness (QED) is 0.691. The minimum atomic E-state index is -0.255. The molecule has 7 heteroatoms. The van der Waals surface area contributed by atoms with Gasteiger partial charge in [0.05, 0.1) is 36.3 Å². The highest BCUT2D eigenvalue weighted by Crippen LogP contribution is 2.28. The van der Waals surface area contributed by atoms with E-state index in [1.165, 1.54) is 0 Å². The average Bonchev–Trinajstić information content (AvgIpc) is 2.68. The van der Waals surface area contributed by atoms with Crippen LogP contribution in [0.25, 0.3) is 0 Å². The lowest BCUT2D eigenvalue weighted by atomic mass is 10.2. The summed E-state index contributed by atoms with van der Waals surface area (Å²) in [7, 11) is 1.57. The van der Waals surface area contributed by atoms with E-state index in [1.807, 2.05) is 24.3 Å². The number of halogens is 1. The SMILES string of the molecule is COc1ccc(Nc2ccc(C(=O)NCc3ccccn3)nc2)cc1Cl. The molecule has 0 fully saturated rings. The molecule has 0 aliphatic carbocycles. The summed E-state index contributed by atoms with van der Waals surface area (Å²) < 4.78 is 5.13. The van der Waals surface area contributed by atoms with Gasteiger partial charge in [-0.3, -0.25) is 9.78 Å². The first kappa shape index (κ1) is 17.7. The summed E-state index contributed by atoms with van der Waals surface area (Å²) in [5, 5.41) is 6.47. The first-order chi connectivity index (χ1) is 12.7. The molecule has 0 saturated carbocycles. The molecular weight excluding hydrogens is 352 g/mol. The van der Waals surface area contributed by atoms with Gasteiger partial charge in [-0.1, -0.05) is 17.7 Å². The number of pyridine rings is 2. The zero-order chi connectivity index (χ0) is 18.4. The van der Waals surface area contributed by atoms with Crippen molar-refractivity contribution in [3.05, 3.63) is 77.3 Å². The minimum absolute atomic E-state index is 0.255. The van der Waals surface area contributed by atoms with Crippen LogP contribution in [0.4, 0.5) is 11.4 Å². The molecule has 0 radical (unpaired) electrons. The summed E-state index contributed by atoms with van der Waals surface area (Å²) in [6.07, 6.45) is 3.28. The Bertz CT molecular complexity index is 886. The van der Waals surface area contributed by atoms with E-state index in [4.69, 9.17) is 16.3 Å². The topological polar surface area (TPSA) is 76.1 Å². The molecule has 1 aromatic carbocycles. The number of hydrogen-bond donors (Lipinski definition) is 2. The third-order valence-corrected chi connectivity index (χ3v) is 3.89. The van der Waals surface area contributed by atoms with Crippen molar-refractivity contribution in [2.24, 2.45) is 0 Å². The van der Waals surface area contributed by atoms with Gasteiger partial charge in [0.1, 0.15) is 11.4 Å². The molecule has 1 amide bonds. The molecule has 0 aliphatic rings. The first-order valence-corrected chi connectivity index (χ1v) is 8.28. The Hall–Kier alpha value is -3.12. The summed E-state index contributed by atoms with van der Waals surface area (Å²) >= 11 is 6.11. The van der Waals surface area contributed by atoms with Crippen LogP contribution in [0.1, 0.15) is 16.2 Å². The molecule has 0 aliphatic heterocycles. The van der Waals surface area contributed by atoms with Crippen LogP contribution in [-0.4, -0.2) is 23.0 Å². The zero-order valence-corrected chi connectivity index (χ0v) is 14.8. The van der Waals surface area contributed by atoms with Gasteiger partial charge >= 0.3 is 0 Å². The van der Waals surface area contributed by atoms with E-state index in [1.54, 1.807) is 43.8 Å². The Kier molecular flexibility index (Phi) is 5.66. The maximum Gasteiger partial charge on any atom is 0.270 e. The Morgan fingerprint density at radius 1 is 1.12 bits per heavy atom. The predicted octanol–water partition coefficient (Wildman–Crippen LogP) is 3.81. The Balaban J connectivity index is 1.61. The predicted molar refractivity (Wildman–Crippen MR) is 101 cm³/mol. The molecule has 3 rings (SSSR count). The van der Waals surface area contributed by atoms with Crippen LogP contribution in [0.2, 0.25) is 5.02 Å². The van der Waals surface area contributed by atoms with E-state index in [9.17, 15) is 4.79 Å². The van der Waals surface area contributed by atoms with E-state index in [2.05, 4.69) is 20.6 Å². The highest BCUT2D eigenvalue weighted by Gasteiger charge is 2.08. The molecule has 2 heterocycles. The van der Waals surface area contributed by atoms with Gasteiger partial charge in [-0.15, -0.1) is 0 Å². The van der Waals surface area contributed by atoms with Crippen LogP contribution in [0.5, 0.6) is 5.75 Å². The number of carbonyl (C=O) groups excluding carboxylic acids is 1. The van der Waals surface area contributed by atoms with E-state index < -0.39 is 0 Å². The van der Waals surface area contributed by atoms with Gasteiger partial charge < -0.3 is 15.4 Å². The number of nitrogens with one attached hydrogen (secondary N) is 2. The molecule has 0 atom stereocenters. The summed E-state index contributed by atoms with van der Waals surface area (Å²) in [6.45, 7) is 0.353. The van der Waals surface area contributed by atoms with Gasteiger partial charge in [0.25, 0.3) is 5.91 Å². The van der Waals surface area contributed by atoms with E-state index in [0.29, 0.717) is 23.0 Å². The molecule has 26 heavy (non-hydrogen) atoms. The standard InChI is InChI=1S/C19H17ClN4O2/c1-26-18-8-6-13(10-16(18)20)24-15-5-7-17(22-12-15)19(25)23-11-14-4-2-3-9-21-14/h2-10,12,24H,11H2,1H3,(H,23,25). The number of ether oxygens (including phenoxy) is 1. The van der Waals surface area contributed by atoms with Crippen molar-refractivity contribution < 1.29 is 9.53 Å². The molecule has 6 nitrogen and oxygen atoms in total. The van der Waals surface area contributed by atoms with Gasteiger partial charge in [-0.05, 0) is 42.5 Å². The van der Waals surface area contributed by atoms with Crippen molar-refractivity contribution in [1.29, 1.82) is 0 Å². The molecular formula is C19H17ClN4O2. The van der Waals surface area contributed by atoms with E-state index in [-0.39, 0.29) is 5.91 Å². The van der Waals surface area contributed by atoms with Gasteiger partial charge in [0.15, 0.2) is 0 Å². The lowest BCUT2D eigenvalue weighted by Gasteiger charge is -2.09. The highest BCUT2D eigenvalue weighted by atomic mass is 35.5. The van der Waals surface area contributed by atoms with Crippen molar-refractivity contribution in [3.63, 3.8) is 0 Å². The van der Waals surface area contributed by atoms with Gasteiger partial charge in [-0.2, -0.15) is 0 Å². The second-order valence-corrected chi connectivity index (χ2v) is 5.82. The van der Waals surface area contributed by atoms with Gasteiger partial charge in [0.2, 0.25) is 0 Å². The number of nitrogens with zero attached hydrogens (tertiary/aromatic N) is 2. The number of rotatable bonds is 6. The smallest absolute Gasteiger partial charge is 0.270 e. The van der Waals surface area contributed by atoms with Crippen LogP contribution in [0, 0.1) is 0 Å². The fraction of sp³-hybridized carbons (Fsp3) is 0.105. The van der Waals surface area contributed by atoms with E-state index in [0.717, 1.165) is 17.1 Å². The van der Waals surface area contributed by atoms with Crippen molar-refractivity contribution in [3.8, 4) is 5.75 Å². The molecule has 2 N–H and O–H groups in total. The van der Waals surface area contributed by atoms with Crippen molar-refractivity contribution in [2.45, 2.75) is 6.54 Å². The third-order valence-electron chi connectivity index (χ3n) is 3.59. The van der Waals surface area contributed by atoms with Crippen LogP contribution in [0.15, 0.2) is 60.9 Å². The summed E-state index contributed by atoms with van der Waals surface area (Å²) in [5.74, 6) is 0.352. The van der Waals surface area contributed by atoms with Gasteiger partial charge in [-0.25, -0.2) is 4.98 Å². The van der Waals surface area contributed by atoms with Crippen LogP contribution in [0.3, 0.4) is 0 Å². The second-order valence-electron chi connectivity index (χ2n) is 5.41. The van der Waals surface area contributed by atoms with E-state index >= 15 is 0 Å². The zero-order valence-electron chi connectivity index (χ0n) is 14.1. The molecule has 0 bridgehead atoms. The maximum absolute atomic E-state index is 12.1. The third kappa shape index (κ3) is 4.49. The Morgan fingerprint density at radius 3 is 2.62 bits per heavy atom. The monoisotopic (exact) mass is 368 g/mol. The number of anilines is 2. The first-order valence-electron chi connectivity index (χ1n) is 7.90. The van der Waals surface area contributed by atoms with Crippen LogP contribution >= 0.6 is 11.6 Å². The molecule has 3 aromatic rings. The lowest BCUT2D eigenvalue weighted by molar-refractivity contribution is 0.0945. The van der Waals surface area contributed by atoms with Crippen LogP contribution in [-0.2, 0) is 6.54 Å². The molecule has 132 valence electrons. The van der Waals surface area contributed by atoms with Crippen molar-refractivity contribution >= 4 is 28.9 Å². The Morgan fingerprint density at radius 2 is 1.96 bits per heavy atom. The summed E-state index contributed by atoms with van der Waals surface area (Å²) in [4.78, 5) is 20.5. The fourth-order valence-electron chi connectivity index (χ4n) is 2.28. The summed E-state index contributed by atoms with van der Waals surface area (Å²) in [5.41, 5.74) is 2.66. The molecule has 0 spiro atoms. The maximum atomic E-state index is 12.1.